The molecule has 0 fully saturated rings. The molecule has 0 aliphatic heterocycles. The van der Waals surface area contributed by atoms with E-state index >= 15 is 0 Å². The van der Waals surface area contributed by atoms with E-state index in [1.807, 2.05) is 0 Å². The first-order chi connectivity index (χ1) is 10.0. The molecule has 0 aliphatic rings. The van der Waals surface area contributed by atoms with Gasteiger partial charge in [-0.05, 0) is 18.2 Å². The summed E-state index contributed by atoms with van der Waals surface area (Å²) < 4.78 is 9.86. The molecule has 0 N–H and O–H groups in total. The Morgan fingerprint density at radius 2 is 2.00 bits per heavy atom. The van der Waals surface area contributed by atoms with Crippen molar-refractivity contribution in [2.24, 2.45) is 0 Å². The van der Waals surface area contributed by atoms with E-state index in [1.165, 1.54) is 19.2 Å². The van der Waals surface area contributed by atoms with Crippen molar-refractivity contribution in [2.75, 3.05) is 7.11 Å². The summed E-state index contributed by atoms with van der Waals surface area (Å²) in [6, 6.07) is 8.72. The van der Waals surface area contributed by atoms with E-state index in [2.05, 4.69) is 9.72 Å². The zero-order chi connectivity index (χ0) is 15.4. The van der Waals surface area contributed by atoms with Crippen molar-refractivity contribution in [3.05, 3.63) is 57.2 Å². The topological polar surface area (TPSA) is 91.6 Å². The predicted octanol–water partition coefficient (Wildman–Crippen LogP) is 3.22. The van der Waals surface area contributed by atoms with Gasteiger partial charge in [-0.2, -0.15) is 4.98 Å². The van der Waals surface area contributed by atoms with Crippen molar-refractivity contribution in [3.63, 3.8) is 0 Å². The minimum absolute atomic E-state index is 0.106. The van der Waals surface area contributed by atoms with E-state index in [-0.39, 0.29) is 28.0 Å². The maximum atomic E-state index is 11.4. The van der Waals surface area contributed by atoms with Crippen LogP contribution in [-0.2, 0) is 4.74 Å². The van der Waals surface area contributed by atoms with Crippen LogP contribution in [0.3, 0.4) is 0 Å². The second-order valence-corrected chi connectivity index (χ2v) is 4.21. The molecular weight excluding hydrogens is 300 g/mol. The maximum absolute atomic E-state index is 11.4. The summed E-state index contributed by atoms with van der Waals surface area (Å²) in [5.41, 5.74) is -0.493. The van der Waals surface area contributed by atoms with Crippen LogP contribution in [0, 0.1) is 10.1 Å². The predicted molar refractivity (Wildman–Crippen MR) is 73.8 cm³/mol. The smallest absolute Gasteiger partial charge is 0.356 e. The van der Waals surface area contributed by atoms with E-state index < -0.39 is 10.9 Å². The summed E-state index contributed by atoms with van der Waals surface area (Å²) in [6.45, 7) is 0. The molecule has 1 aromatic heterocycles. The summed E-state index contributed by atoms with van der Waals surface area (Å²) in [5, 5.41) is 11.2. The summed E-state index contributed by atoms with van der Waals surface area (Å²) >= 11 is 5.92. The van der Waals surface area contributed by atoms with Crippen LogP contribution in [0.15, 0.2) is 36.4 Å². The quantitative estimate of drug-likeness (QED) is 0.489. The molecule has 1 aromatic carbocycles. The summed E-state index contributed by atoms with van der Waals surface area (Å²) in [7, 11) is 1.18. The van der Waals surface area contributed by atoms with Gasteiger partial charge in [0, 0.05) is 6.07 Å². The van der Waals surface area contributed by atoms with E-state index in [0.717, 1.165) is 6.07 Å². The van der Waals surface area contributed by atoms with Gasteiger partial charge < -0.3 is 9.47 Å². The second kappa shape index (κ2) is 6.19. The fourth-order valence-corrected chi connectivity index (χ4v) is 1.67. The van der Waals surface area contributed by atoms with Crippen LogP contribution in [0.25, 0.3) is 0 Å². The zero-order valence-corrected chi connectivity index (χ0v) is 11.5. The summed E-state index contributed by atoms with van der Waals surface area (Å²) in [6.07, 6.45) is 0. The minimum Gasteiger partial charge on any atom is -0.464 e. The van der Waals surface area contributed by atoms with Crippen molar-refractivity contribution in [3.8, 4) is 11.6 Å². The highest BCUT2D eigenvalue weighted by Crippen LogP contribution is 2.33. The van der Waals surface area contributed by atoms with Gasteiger partial charge in [-0.1, -0.05) is 23.7 Å². The number of hydrogen-bond donors (Lipinski definition) is 0. The number of pyridine rings is 1. The van der Waals surface area contributed by atoms with Crippen molar-refractivity contribution in [1.82, 2.24) is 4.98 Å². The molecule has 0 bridgehead atoms. The number of nitro groups is 1. The Labute approximate surface area is 124 Å². The number of benzene rings is 1. The molecule has 0 aliphatic carbocycles. The number of aromatic nitrogens is 1. The lowest BCUT2D eigenvalue weighted by atomic mass is 10.3. The number of methoxy groups -OCH3 is 1. The summed E-state index contributed by atoms with van der Waals surface area (Å²) in [5.74, 6) is -0.873. The van der Waals surface area contributed by atoms with Crippen molar-refractivity contribution >= 4 is 23.3 Å². The number of esters is 1. The maximum Gasteiger partial charge on any atom is 0.356 e. The molecule has 21 heavy (non-hydrogen) atoms. The first kappa shape index (κ1) is 14.7. The van der Waals surface area contributed by atoms with Crippen LogP contribution in [0.4, 0.5) is 5.69 Å². The Balaban J connectivity index is 2.46. The number of hydrogen-bond acceptors (Lipinski definition) is 6. The Kier molecular flexibility index (Phi) is 4.34. The minimum atomic E-state index is -0.728. The van der Waals surface area contributed by atoms with Crippen LogP contribution >= 0.6 is 11.6 Å². The van der Waals surface area contributed by atoms with Gasteiger partial charge in [0.2, 0.25) is 0 Å². The number of rotatable bonds is 4. The summed E-state index contributed by atoms with van der Waals surface area (Å²) in [4.78, 5) is 25.6. The lowest BCUT2D eigenvalue weighted by Gasteiger charge is -2.07. The third-order valence-electron chi connectivity index (χ3n) is 2.47. The molecule has 8 heteroatoms. The van der Waals surface area contributed by atoms with Crippen LogP contribution in [0.2, 0.25) is 5.02 Å². The van der Waals surface area contributed by atoms with Crippen LogP contribution in [-0.4, -0.2) is 23.0 Å². The molecule has 2 rings (SSSR count). The molecule has 1 heterocycles. The van der Waals surface area contributed by atoms with E-state index in [1.54, 1.807) is 18.2 Å². The average Bonchev–Trinajstić information content (AvgIpc) is 2.48. The van der Waals surface area contributed by atoms with Gasteiger partial charge in [-0.3, -0.25) is 10.1 Å². The highest BCUT2D eigenvalue weighted by atomic mass is 35.5. The second-order valence-electron chi connectivity index (χ2n) is 3.80. The largest absolute Gasteiger partial charge is 0.464 e. The molecule has 0 radical (unpaired) electrons. The van der Waals surface area contributed by atoms with E-state index in [4.69, 9.17) is 16.3 Å². The number of para-hydroxylation sites is 1. The van der Waals surface area contributed by atoms with Crippen molar-refractivity contribution in [2.45, 2.75) is 0 Å². The molecule has 0 amide bonds. The molecular formula is C13H9ClN2O5. The van der Waals surface area contributed by atoms with Gasteiger partial charge in [-0.25, -0.2) is 4.79 Å². The first-order valence-corrected chi connectivity index (χ1v) is 6.07. The monoisotopic (exact) mass is 308 g/mol. The number of carbonyl (C=O) groups is 1. The molecule has 0 saturated carbocycles. The van der Waals surface area contributed by atoms with Crippen LogP contribution in [0.5, 0.6) is 11.6 Å². The number of nitrogens with zero attached hydrogens (tertiary/aromatic N) is 2. The van der Waals surface area contributed by atoms with Crippen LogP contribution in [0.1, 0.15) is 10.5 Å². The SMILES string of the molecule is COC(=O)c1ccc([N+](=O)[O-])c(Oc2ccccc2Cl)n1. The van der Waals surface area contributed by atoms with E-state index in [9.17, 15) is 14.9 Å². The fourth-order valence-electron chi connectivity index (χ4n) is 1.50. The molecule has 0 saturated heterocycles. The molecule has 0 spiro atoms. The highest BCUT2D eigenvalue weighted by Gasteiger charge is 2.21. The normalized spacial score (nSPS) is 10.0. The Morgan fingerprint density at radius 1 is 1.29 bits per heavy atom. The molecule has 2 aromatic rings. The Bertz CT molecular complexity index is 705. The van der Waals surface area contributed by atoms with Gasteiger partial charge in [0.25, 0.3) is 0 Å². The third-order valence-corrected chi connectivity index (χ3v) is 2.79. The van der Waals surface area contributed by atoms with Crippen LogP contribution < -0.4 is 4.74 Å². The molecule has 0 unspecified atom stereocenters. The van der Waals surface area contributed by atoms with Crippen molar-refractivity contribution in [1.29, 1.82) is 0 Å². The number of halogens is 1. The van der Waals surface area contributed by atoms with Gasteiger partial charge >= 0.3 is 17.5 Å². The lowest BCUT2D eigenvalue weighted by molar-refractivity contribution is -0.386. The fraction of sp³-hybridized carbons (Fsp3) is 0.0769. The Hall–Kier alpha value is -2.67. The number of ether oxygens (including phenoxy) is 2. The van der Waals surface area contributed by atoms with Gasteiger partial charge in [0.15, 0.2) is 5.69 Å². The van der Waals surface area contributed by atoms with Gasteiger partial charge in [0.05, 0.1) is 17.1 Å². The van der Waals surface area contributed by atoms with Crippen molar-refractivity contribution < 1.29 is 19.2 Å². The molecule has 0 atom stereocenters. The third kappa shape index (κ3) is 3.26. The molecule has 108 valence electrons. The number of carbonyl (C=O) groups excluding carboxylic acids is 1. The zero-order valence-electron chi connectivity index (χ0n) is 10.8. The average molecular weight is 309 g/mol. The van der Waals surface area contributed by atoms with E-state index in [0.29, 0.717) is 0 Å². The highest BCUT2D eigenvalue weighted by molar-refractivity contribution is 6.32. The standard InChI is InChI=1S/C13H9ClN2O5/c1-20-13(17)9-6-7-10(16(18)19)12(15-9)21-11-5-3-2-4-8(11)14/h2-7H,1H3. The first-order valence-electron chi connectivity index (χ1n) is 5.69. The van der Waals surface area contributed by atoms with Gasteiger partial charge in [-0.15, -0.1) is 0 Å². The van der Waals surface area contributed by atoms with Gasteiger partial charge in [0.1, 0.15) is 5.75 Å². The lowest BCUT2D eigenvalue weighted by Crippen LogP contribution is -2.06. The Morgan fingerprint density at radius 3 is 2.62 bits per heavy atom. The molecule has 7 nitrogen and oxygen atoms in total.